The molecule has 256 valence electrons. The molecular weight excluding hydrogens is 666 g/mol. The van der Waals surface area contributed by atoms with E-state index < -0.39 is 34.6 Å². The summed E-state index contributed by atoms with van der Waals surface area (Å²) < 4.78 is 5.58. The van der Waals surface area contributed by atoms with Gasteiger partial charge in [0.05, 0.1) is 28.0 Å². The fourth-order valence-electron chi connectivity index (χ4n) is 6.02. The van der Waals surface area contributed by atoms with Crippen LogP contribution in [0.4, 0.5) is 5.69 Å². The Balaban J connectivity index is 0.988. The Hall–Kier alpha value is -7.20. The number of pyridine rings is 1. The normalized spacial score (nSPS) is 15.1. The minimum absolute atomic E-state index is 0.0239. The average Bonchev–Trinajstić information content (AvgIpc) is 3.78. The lowest BCUT2D eigenvalue weighted by molar-refractivity contribution is -0.384. The minimum atomic E-state index is -1.04. The standard InChI is InChI=1S/C39H27N5O8/c45-35-17-16-33(37(47)42-35)43-38(48)29-15-6-23(20-30(29)39(43)49)4-1-2-18-40-36(46)26-9-7-24(8-10-26)27-21-31(25-11-13-28(14-12-25)44(50)51)41-32(22-27)34-5-3-19-52-34/h3,5-15,19-22,33H,2,16-18H2,(H,40,46)(H,42,45,47). The summed E-state index contributed by atoms with van der Waals surface area (Å²) in [5, 5.41) is 16.1. The molecule has 0 aliphatic carbocycles. The monoisotopic (exact) mass is 693 g/mol. The highest BCUT2D eigenvalue weighted by atomic mass is 16.6. The van der Waals surface area contributed by atoms with Crippen LogP contribution in [0.1, 0.15) is 55.9 Å². The van der Waals surface area contributed by atoms with E-state index in [1.807, 2.05) is 24.3 Å². The molecule has 4 heterocycles. The summed E-state index contributed by atoms with van der Waals surface area (Å²) in [5.41, 5.74) is 4.71. The SMILES string of the molecule is O=C1CCC(N2C(=O)c3ccc(C#CCCNC(=O)c4ccc(-c5cc(-c6ccc([N+](=O)[O-])cc6)nc(-c6ccco6)c5)cc4)cc3C2=O)C(=O)N1. The summed E-state index contributed by atoms with van der Waals surface area (Å²) in [4.78, 5) is 79.0. The number of piperidine rings is 1. The van der Waals surface area contributed by atoms with Crippen molar-refractivity contribution in [1.82, 2.24) is 20.5 Å². The van der Waals surface area contributed by atoms with E-state index in [-0.39, 0.29) is 42.1 Å². The summed E-state index contributed by atoms with van der Waals surface area (Å²) in [6.45, 7) is 0.259. The molecule has 2 aliphatic rings. The molecule has 52 heavy (non-hydrogen) atoms. The van der Waals surface area contributed by atoms with Crippen molar-refractivity contribution < 1.29 is 33.3 Å². The van der Waals surface area contributed by atoms with Gasteiger partial charge in [0.25, 0.3) is 23.4 Å². The highest BCUT2D eigenvalue weighted by Crippen LogP contribution is 2.32. The minimum Gasteiger partial charge on any atom is -0.463 e. The summed E-state index contributed by atoms with van der Waals surface area (Å²) in [5.74, 6) is 3.87. The summed E-state index contributed by atoms with van der Waals surface area (Å²) in [6, 6.07) is 24.0. The lowest BCUT2D eigenvalue weighted by atomic mass is 10.00. The number of aromatic nitrogens is 1. The lowest BCUT2D eigenvalue weighted by Crippen LogP contribution is -2.54. The molecule has 0 spiro atoms. The first-order valence-corrected chi connectivity index (χ1v) is 16.2. The number of fused-ring (bicyclic) bond motifs is 1. The number of imide groups is 2. The van der Waals surface area contributed by atoms with Crippen molar-refractivity contribution >= 4 is 35.2 Å². The van der Waals surface area contributed by atoms with Gasteiger partial charge < -0.3 is 9.73 Å². The van der Waals surface area contributed by atoms with Crippen LogP contribution in [0.15, 0.2) is 102 Å². The van der Waals surface area contributed by atoms with Gasteiger partial charge >= 0.3 is 0 Å². The highest BCUT2D eigenvalue weighted by molar-refractivity contribution is 6.23. The van der Waals surface area contributed by atoms with E-state index in [0.717, 1.165) is 16.0 Å². The molecular formula is C39H27N5O8. The van der Waals surface area contributed by atoms with E-state index in [2.05, 4.69) is 22.5 Å². The molecule has 13 nitrogen and oxygen atoms in total. The first-order valence-electron chi connectivity index (χ1n) is 16.2. The Morgan fingerprint density at radius 3 is 2.35 bits per heavy atom. The van der Waals surface area contributed by atoms with Gasteiger partial charge in [-0.05, 0) is 84.3 Å². The summed E-state index contributed by atoms with van der Waals surface area (Å²) in [6.07, 6.45) is 1.97. The second kappa shape index (κ2) is 14.0. The van der Waals surface area contributed by atoms with Gasteiger partial charge in [0, 0.05) is 48.2 Å². The maximum Gasteiger partial charge on any atom is 0.269 e. The van der Waals surface area contributed by atoms with E-state index in [0.29, 0.717) is 40.3 Å². The molecule has 1 saturated heterocycles. The second-order valence-corrected chi connectivity index (χ2v) is 12.0. The third-order valence-electron chi connectivity index (χ3n) is 8.66. The number of nitrogens with zero attached hydrogens (tertiary/aromatic N) is 3. The first kappa shape index (κ1) is 33.3. The molecule has 5 amide bonds. The molecule has 13 heteroatoms. The van der Waals surface area contributed by atoms with Crippen molar-refractivity contribution in [3.63, 3.8) is 0 Å². The number of rotatable bonds is 8. The molecule has 2 N–H and O–H groups in total. The number of nitrogens with one attached hydrogen (secondary N) is 2. The number of hydrogen-bond donors (Lipinski definition) is 2. The van der Waals surface area contributed by atoms with E-state index in [1.165, 1.54) is 24.3 Å². The van der Waals surface area contributed by atoms with Gasteiger partial charge in [-0.1, -0.05) is 24.0 Å². The predicted octanol–water partition coefficient (Wildman–Crippen LogP) is 5.16. The zero-order valence-electron chi connectivity index (χ0n) is 27.3. The number of carbonyl (C=O) groups is 5. The summed E-state index contributed by atoms with van der Waals surface area (Å²) in [7, 11) is 0. The first-order chi connectivity index (χ1) is 25.2. The van der Waals surface area contributed by atoms with E-state index in [1.54, 1.807) is 48.7 Å². The van der Waals surface area contributed by atoms with Crippen molar-refractivity contribution in [2.24, 2.45) is 0 Å². The molecule has 1 unspecified atom stereocenters. The second-order valence-electron chi connectivity index (χ2n) is 12.0. The van der Waals surface area contributed by atoms with Crippen LogP contribution < -0.4 is 10.6 Å². The van der Waals surface area contributed by atoms with Gasteiger partial charge in [0.2, 0.25) is 11.8 Å². The Kier molecular flexibility index (Phi) is 8.94. The Bertz CT molecular complexity index is 2340. The molecule has 2 aliphatic heterocycles. The predicted molar refractivity (Wildman–Crippen MR) is 186 cm³/mol. The number of amides is 5. The van der Waals surface area contributed by atoms with Gasteiger partial charge in [-0.2, -0.15) is 0 Å². The van der Waals surface area contributed by atoms with Gasteiger partial charge in [-0.3, -0.25) is 44.3 Å². The maximum absolute atomic E-state index is 13.1. The van der Waals surface area contributed by atoms with Crippen molar-refractivity contribution in [2.45, 2.75) is 25.3 Å². The van der Waals surface area contributed by atoms with Gasteiger partial charge in [-0.25, -0.2) is 4.98 Å². The van der Waals surface area contributed by atoms with E-state index in [4.69, 9.17) is 9.40 Å². The zero-order chi connectivity index (χ0) is 36.4. The fraction of sp³-hybridized carbons (Fsp3) is 0.128. The molecule has 7 rings (SSSR count). The van der Waals surface area contributed by atoms with Crippen molar-refractivity contribution in [3.8, 4) is 45.7 Å². The van der Waals surface area contributed by atoms with E-state index >= 15 is 0 Å². The van der Waals surface area contributed by atoms with Crippen LogP contribution in [-0.4, -0.2) is 56.9 Å². The third kappa shape index (κ3) is 6.68. The third-order valence-corrected chi connectivity index (χ3v) is 8.66. The van der Waals surface area contributed by atoms with Crippen LogP contribution >= 0.6 is 0 Å². The largest absolute Gasteiger partial charge is 0.463 e. The van der Waals surface area contributed by atoms with Crippen LogP contribution in [0, 0.1) is 22.0 Å². The number of hydrogen-bond acceptors (Lipinski definition) is 9. The average molecular weight is 694 g/mol. The quantitative estimate of drug-likeness (QED) is 0.0730. The molecule has 0 saturated carbocycles. The fourth-order valence-corrected chi connectivity index (χ4v) is 6.02. The van der Waals surface area contributed by atoms with Crippen LogP contribution in [0.25, 0.3) is 33.8 Å². The number of benzene rings is 3. The molecule has 1 fully saturated rings. The smallest absolute Gasteiger partial charge is 0.269 e. The zero-order valence-corrected chi connectivity index (χ0v) is 27.3. The molecule has 2 aromatic heterocycles. The number of carbonyl (C=O) groups excluding carboxylic acids is 5. The van der Waals surface area contributed by atoms with Crippen molar-refractivity contribution in [2.75, 3.05) is 6.54 Å². The van der Waals surface area contributed by atoms with Crippen LogP contribution in [0.2, 0.25) is 0 Å². The van der Waals surface area contributed by atoms with Crippen LogP contribution in [0.5, 0.6) is 0 Å². The topological polar surface area (TPSA) is 182 Å². The molecule has 0 bridgehead atoms. The Labute approximate surface area is 295 Å². The number of non-ortho nitro benzene ring substituents is 1. The van der Waals surface area contributed by atoms with Crippen LogP contribution in [-0.2, 0) is 9.59 Å². The molecule has 5 aromatic rings. The molecule has 0 radical (unpaired) electrons. The Morgan fingerprint density at radius 1 is 0.904 bits per heavy atom. The molecule has 3 aromatic carbocycles. The van der Waals surface area contributed by atoms with Gasteiger partial charge in [0.15, 0.2) is 5.76 Å². The van der Waals surface area contributed by atoms with Gasteiger partial charge in [-0.15, -0.1) is 0 Å². The number of nitro benzene ring substituents is 1. The van der Waals surface area contributed by atoms with Crippen LogP contribution in [0.3, 0.4) is 0 Å². The van der Waals surface area contributed by atoms with E-state index in [9.17, 15) is 34.1 Å². The van der Waals surface area contributed by atoms with Gasteiger partial charge in [0.1, 0.15) is 11.7 Å². The summed E-state index contributed by atoms with van der Waals surface area (Å²) >= 11 is 0. The highest BCUT2D eigenvalue weighted by Gasteiger charge is 2.44. The maximum atomic E-state index is 13.1. The Morgan fingerprint density at radius 2 is 1.63 bits per heavy atom. The van der Waals surface area contributed by atoms with Crippen molar-refractivity contribution in [3.05, 3.63) is 130 Å². The molecule has 1 atom stereocenters. The lowest BCUT2D eigenvalue weighted by Gasteiger charge is -2.27. The number of furan rings is 1. The van der Waals surface area contributed by atoms with Crippen molar-refractivity contribution in [1.29, 1.82) is 0 Å². The number of nitro groups is 1.